The quantitative estimate of drug-likeness (QED) is 0.681. The smallest absolute Gasteiger partial charge is 0.0695 e. The van der Waals surface area contributed by atoms with E-state index in [1.807, 2.05) is 0 Å². The SMILES string of the molecule is CCC1CN(CC(O)C2CC2)C1. The molecule has 0 bridgehead atoms. The minimum absolute atomic E-state index is 0.0252. The summed E-state index contributed by atoms with van der Waals surface area (Å²) in [6.45, 7) is 5.63. The van der Waals surface area contributed by atoms with Gasteiger partial charge in [0.05, 0.1) is 6.10 Å². The molecule has 1 heterocycles. The summed E-state index contributed by atoms with van der Waals surface area (Å²) in [4.78, 5) is 2.39. The molecule has 0 radical (unpaired) electrons. The lowest BCUT2D eigenvalue weighted by molar-refractivity contribution is 0.0302. The topological polar surface area (TPSA) is 23.5 Å². The third-order valence-corrected chi connectivity index (χ3v) is 3.22. The highest BCUT2D eigenvalue weighted by atomic mass is 16.3. The molecule has 1 aliphatic heterocycles. The first-order valence-electron chi connectivity index (χ1n) is 5.20. The van der Waals surface area contributed by atoms with Gasteiger partial charge in [-0.05, 0) is 24.7 Å². The van der Waals surface area contributed by atoms with Crippen LogP contribution in [0.15, 0.2) is 0 Å². The van der Waals surface area contributed by atoms with Crippen molar-refractivity contribution in [3.8, 4) is 0 Å². The molecule has 2 aliphatic rings. The van der Waals surface area contributed by atoms with Crippen LogP contribution in [0.5, 0.6) is 0 Å². The number of nitrogens with zero attached hydrogens (tertiary/aromatic N) is 1. The van der Waals surface area contributed by atoms with E-state index in [0.717, 1.165) is 12.5 Å². The van der Waals surface area contributed by atoms with Gasteiger partial charge in [-0.2, -0.15) is 0 Å². The fourth-order valence-electron chi connectivity index (χ4n) is 1.98. The molecule has 2 heteroatoms. The fraction of sp³-hybridized carbons (Fsp3) is 1.00. The van der Waals surface area contributed by atoms with Crippen LogP contribution in [-0.2, 0) is 0 Å². The fourth-order valence-corrected chi connectivity index (χ4v) is 1.98. The van der Waals surface area contributed by atoms with Crippen molar-refractivity contribution in [3.63, 3.8) is 0 Å². The Morgan fingerprint density at radius 1 is 1.42 bits per heavy atom. The second-order valence-corrected chi connectivity index (χ2v) is 4.40. The molecule has 0 spiro atoms. The van der Waals surface area contributed by atoms with Gasteiger partial charge in [-0.1, -0.05) is 13.3 Å². The zero-order valence-corrected chi connectivity index (χ0v) is 7.87. The Labute approximate surface area is 74.6 Å². The van der Waals surface area contributed by atoms with E-state index in [4.69, 9.17) is 0 Å². The predicted molar refractivity (Wildman–Crippen MR) is 49.0 cm³/mol. The second-order valence-electron chi connectivity index (χ2n) is 4.40. The van der Waals surface area contributed by atoms with Crippen molar-refractivity contribution in [2.45, 2.75) is 32.3 Å². The number of rotatable bonds is 4. The lowest BCUT2D eigenvalue weighted by atomic mass is 9.96. The average molecular weight is 169 g/mol. The standard InChI is InChI=1S/C10H19NO/c1-2-8-5-11(6-8)7-10(12)9-3-4-9/h8-10,12H,2-7H2,1H3. The minimum atomic E-state index is -0.0252. The molecule has 70 valence electrons. The lowest BCUT2D eigenvalue weighted by Crippen LogP contribution is -2.49. The van der Waals surface area contributed by atoms with E-state index >= 15 is 0 Å². The van der Waals surface area contributed by atoms with Crippen LogP contribution in [0.3, 0.4) is 0 Å². The maximum atomic E-state index is 9.64. The van der Waals surface area contributed by atoms with E-state index in [-0.39, 0.29) is 6.10 Å². The molecule has 0 amide bonds. The van der Waals surface area contributed by atoms with Crippen LogP contribution in [0.1, 0.15) is 26.2 Å². The Kier molecular flexibility index (Phi) is 2.37. The molecule has 1 aliphatic carbocycles. The largest absolute Gasteiger partial charge is 0.392 e. The molecule has 2 rings (SSSR count). The summed E-state index contributed by atoms with van der Waals surface area (Å²) < 4.78 is 0. The minimum Gasteiger partial charge on any atom is -0.392 e. The highest BCUT2D eigenvalue weighted by molar-refractivity contribution is 4.86. The zero-order chi connectivity index (χ0) is 8.55. The van der Waals surface area contributed by atoms with E-state index in [1.165, 1.54) is 32.4 Å². The molecule has 1 saturated carbocycles. The van der Waals surface area contributed by atoms with Gasteiger partial charge < -0.3 is 10.0 Å². The van der Waals surface area contributed by atoms with Crippen molar-refractivity contribution in [1.29, 1.82) is 0 Å². The van der Waals surface area contributed by atoms with Crippen LogP contribution in [0.4, 0.5) is 0 Å². The Balaban J connectivity index is 1.62. The normalized spacial score (nSPS) is 28.5. The van der Waals surface area contributed by atoms with Crippen LogP contribution in [0.2, 0.25) is 0 Å². The Bertz CT molecular complexity index is 150. The molecular formula is C10H19NO. The number of aliphatic hydroxyl groups excluding tert-OH is 1. The van der Waals surface area contributed by atoms with Crippen molar-refractivity contribution < 1.29 is 5.11 Å². The molecule has 0 aromatic heterocycles. The molecule has 1 saturated heterocycles. The lowest BCUT2D eigenvalue weighted by Gasteiger charge is -2.40. The second kappa shape index (κ2) is 3.35. The van der Waals surface area contributed by atoms with Crippen LogP contribution in [0, 0.1) is 11.8 Å². The van der Waals surface area contributed by atoms with Gasteiger partial charge in [0, 0.05) is 19.6 Å². The molecular weight excluding hydrogens is 150 g/mol. The van der Waals surface area contributed by atoms with Crippen molar-refractivity contribution in [1.82, 2.24) is 4.90 Å². The molecule has 2 fully saturated rings. The van der Waals surface area contributed by atoms with Gasteiger partial charge in [0.2, 0.25) is 0 Å². The molecule has 12 heavy (non-hydrogen) atoms. The monoisotopic (exact) mass is 169 g/mol. The molecule has 0 aromatic carbocycles. The van der Waals surface area contributed by atoms with E-state index in [1.54, 1.807) is 0 Å². The molecule has 2 nitrogen and oxygen atoms in total. The average Bonchev–Trinajstić information content (AvgIpc) is 2.76. The van der Waals surface area contributed by atoms with Crippen molar-refractivity contribution >= 4 is 0 Å². The molecule has 1 unspecified atom stereocenters. The summed E-state index contributed by atoms with van der Waals surface area (Å²) in [5, 5.41) is 9.64. The van der Waals surface area contributed by atoms with Crippen molar-refractivity contribution in [3.05, 3.63) is 0 Å². The Morgan fingerprint density at radius 2 is 2.08 bits per heavy atom. The maximum Gasteiger partial charge on any atom is 0.0695 e. The van der Waals surface area contributed by atoms with Crippen molar-refractivity contribution in [2.75, 3.05) is 19.6 Å². The van der Waals surface area contributed by atoms with E-state index < -0.39 is 0 Å². The number of likely N-dealkylation sites (tertiary alicyclic amines) is 1. The maximum absolute atomic E-state index is 9.64. The summed E-state index contributed by atoms with van der Waals surface area (Å²) in [5.41, 5.74) is 0. The van der Waals surface area contributed by atoms with Gasteiger partial charge in [-0.25, -0.2) is 0 Å². The summed E-state index contributed by atoms with van der Waals surface area (Å²) in [6.07, 6.45) is 3.79. The summed E-state index contributed by atoms with van der Waals surface area (Å²) in [5.74, 6) is 1.56. The Morgan fingerprint density at radius 3 is 2.58 bits per heavy atom. The third-order valence-electron chi connectivity index (χ3n) is 3.22. The van der Waals surface area contributed by atoms with E-state index in [2.05, 4.69) is 11.8 Å². The number of hydrogen-bond acceptors (Lipinski definition) is 2. The molecule has 1 N–H and O–H groups in total. The van der Waals surface area contributed by atoms with Crippen LogP contribution >= 0.6 is 0 Å². The zero-order valence-electron chi connectivity index (χ0n) is 7.87. The highest BCUT2D eigenvalue weighted by Gasteiger charge is 2.33. The van der Waals surface area contributed by atoms with Gasteiger partial charge in [-0.15, -0.1) is 0 Å². The van der Waals surface area contributed by atoms with Gasteiger partial charge >= 0.3 is 0 Å². The van der Waals surface area contributed by atoms with Crippen LogP contribution in [0.25, 0.3) is 0 Å². The van der Waals surface area contributed by atoms with Crippen molar-refractivity contribution in [2.24, 2.45) is 11.8 Å². The molecule has 1 atom stereocenters. The Hall–Kier alpha value is -0.0800. The van der Waals surface area contributed by atoms with Gasteiger partial charge in [-0.3, -0.25) is 0 Å². The number of aliphatic hydroxyl groups is 1. The van der Waals surface area contributed by atoms with Gasteiger partial charge in [0.15, 0.2) is 0 Å². The van der Waals surface area contributed by atoms with Gasteiger partial charge in [0.1, 0.15) is 0 Å². The van der Waals surface area contributed by atoms with E-state index in [9.17, 15) is 5.11 Å². The van der Waals surface area contributed by atoms with Crippen LogP contribution < -0.4 is 0 Å². The van der Waals surface area contributed by atoms with Gasteiger partial charge in [0.25, 0.3) is 0 Å². The molecule has 0 aromatic rings. The number of β-amino-alcohol motifs (C(OH)–C–C–N with tert-alkyl or cyclic N) is 1. The summed E-state index contributed by atoms with van der Waals surface area (Å²) in [7, 11) is 0. The third kappa shape index (κ3) is 1.80. The number of hydrogen-bond donors (Lipinski definition) is 1. The van der Waals surface area contributed by atoms with Crippen LogP contribution in [-0.4, -0.2) is 35.7 Å². The first-order chi connectivity index (χ1) is 5.79. The first kappa shape index (κ1) is 8.52. The predicted octanol–water partition coefficient (Wildman–Crippen LogP) is 1.10. The first-order valence-corrected chi connectivity index (χ1v) is 5.20. The summed E-state index contributed by atoms with van der Waals surface area (Å²) >= 11 is 0. The highest BCUT2D eigenvalue weighted by Crippen LogP contribution is 2.33. The summed E-state index contributed by atoms with van der Waals surface area (Å²) in [6, 6.07) is 0. The van der Waals surface area contributed by atoms with E-state index in [0.29, 0.717) is 5.92 Å².